The van der Waals surface area contributed by atoms with E-state index >= 15 is 0 Å². The highest BCUT2D eigenvalue weighted by Gasteiger charge is 2.43. The zero-order valence-electron chi connectivity index (χ0n) is 12.6. The van der Waals surface area contributed by atoms with Crippen LogP contribution in [0.4, 0.5) is 22.0 Å². The quantitative estimate of drug-likeness (QED) is 0.637. The first-order valence-electron chi connectivity index (χ1n) is 6.78. The first-order chi connectivity index (χ1) is 10.2. The van der Waals surface area contributed by atoms with Gasteiger partial charge in [0.25, 0.3) is 0 Å². The number of halogens is 5. The molecule has 0 radical (unpaired) electrons. The summed E-state index contributed by atoms with van der Waals surface area (Å²) in [5.41, 5.74) is -0.0107. The normalized spacial score (nSPS) is 13.7. The predicted octanol–water partition coefficient (Wildman–Crippen LogP) is 4.84. The number of alkyl halides is 4. The van der Waals surface area contributed by atoms with Gasteiger partial charge in [0.1, 0.15) is 11.6 Å². The summed E-state index contributed by atoms with van der Waals surface area (Å²) in [6, 6.07) is 3.35. The van der Waals surface area contributed by atoms with Crippen molar-refractivity contribution in [1.82, 2.24) is 0 Å². The van der Waals surface area contributed by atoms with Crippen molar-refractivity contribution >= 4 is 0 Å². The fourth-order valence-corrected chi connectivity index (χ4v) is 1.82. The van der Waals surface area contributed by atoms with Crippen LogP contribution in [0.2, 0.25) is 0 Å². The maximum Gasteiger partial charge on any atom is 0.310 e. The lowest BCUT2D eigenvalue weighted by molar-refractivity contribution is -0.152. The molecule has 0 aliphatic heterocycles. The van der Waals surface area contributed by atoms with Crippen LogP contribution in [-0.2, 0) is 4.74 Å². The Morgan fingerprint density at radius 3 is 2.32 bits per heavy atom. The summed E-state index contributed by atoms with van der Waals surface area (Å²) >= 11 is 0. The van der Waals surface area contributed by atoms with Gasteiger partial charge in [0, 0.05) is 19.1 Å². The minimum absolute atomic E-state index is 0.0107. The second kappa shape index (κ2) is 7.76. The van der Waals surface area contributed by atoms with E-state index in [9.17, 15) is 22.0 Å². The van der Waals surface area contributed by atoms with E-state index in [0.29, 0.717) is 0 Å². The highest BCUT2D eigenvalue weighted by atomic mass is 19.3. The lowest BCUT2D eigenvalue weighted by Gasteiger charge is -2.24. The summed E-state index contributed by atoms with van der Waals surface area (Å²) in [5.74, 6) is -4.62. The van der Waals surface area contributed by atoms with Gasteiger partial charge in [0.15, 0.2) is 0 Å². The molecule has 0 N–H and O–H groups in total. The molecule has 2 nitrogen and oxygen atoms in total. The van der Waals surface area contributed by atoms with Crippen molar-refractivity contribution in [3.8, 4) is 5.75 Å². The maximum atomic E-state index is 13.4. The van der Waals surface area contributed by atoms with Crippen LogP contribution in [0.3, 0.4) is 0 Å². The zero-order chi connectivity index (χ0) is 16.9. The van der Waals surface area contributed by atoms with E-state index in [-0.39, 0.29) is 23.8 Å². The number of methoxy groups -OCH3 is 1. The SMILES string of the molecule is COC(CC(F)(F)C(F)F)c1cc(F)ccc1OCC(C)C. The molecule has 1 rings (SSSR count). The van der Waals surface area contributed by atoms with Gasteiger partial charge >= 0.3 is 12.3 Å². The van der Waals surface area contributed by atoms with Gasteiger partial charge in [-0.2, -0.15) is 0 Å². The molecule has 0 aliphatic carbocycles. The highest BCUT2D eigenvalue weighted by Crippen LogP contribution is 2.38. The van der Waals surface area contributed by atoms with Gasteiger partial charge in [0.2, 0.25) is 0 Å². The van der Waals surface area contributed by atoms with Crippen molar-refractivity contribution in [3.05, 3.63) is 29.6 Å². The summed E-state index contributed by atoms with van der Waals surface area (Å²) in [5, 5.41) is 0. The third-order valence-corrected chi connectivity index (χ3v) is 2.95. The van der Waals surface area contributed by atoms with Gasteiger partial charge < -0.3 is 9.47 Å². The van der Waals surface area contributed by atoms with Gasteiger partial charge in [-0.15, -0.1) is 0 Å². The van der Waals surface area contributed by atoms with Gasteiger partial charge in [-0.25, -0.2) is 22.0 Å². The molecule has 0 aromatic heterocycles. The third-order valence-electron chi connectivity index (χ3n) is 2.95. The van der Waals surface area contributed by atoms with Crippen LogP contribution >= 0.6 is 0 Å². The summed E-state index contributed by atoms with van der Waals surface area (Å²) in [6.07, 6.45) is -6.48. The maximum absolute atomic E-state index is 13.4. The smallest absolute Gasteiger partial charge is 0.310 e. The van der Waals surface area contributed by atoms with Crippen LogP contribution in [0.5, 0.6) is 5.75 Å². The molecule has 0 saturated carbocycles. The lowest BCUT2D eigenvalue weighted by Crippen LogP contribution is -2.29. The van der Waals surface area contributed by atoms with Crippen molar-refractivity contribution in [2.45, 2.75) is 38.7 Å². The summed E-state index contributed by atoms with van der Waals surface area (Å²) in [6.45, 7) is 4.03. The Labute approximate surface area is 126 Å². The Bertz CT molecular complexity index is 477. The van der Waals surface area contributed by atoms with E-state index in [2.05, 4.69) is 0 Å². The second-order valence-corrected chi connectivity index (χ2v) is 5.38. The van der Waals surface area contributed by atoms with Crippen molar-refractivity contribution < 1.29 is 31.4 Å². The molecule has 126 valence electrons. The molecule has 1 atom stereocenters. The number of rotatable bonds is 8. The summed E-state index contributed by atoms with van der Waals surface area (Å²) in [7, 11) is 1.10. The molecule has 0 heterocycles. The molecule has 22 heavy (non-hydrogen) atoms. The van der Waals surface area contributed by atoms with Gasteiger partial charge in [-0.1, -0.05) is 13.8 Å². The number of benzene rings is 1. The van der Waals surface area contributed by atoms with Crippen LogP contribution in [0.1, 0.15) is 31.9 Å². The molecule has 0 aliphatic rings. The number of hydrogen-bond donors (Lipinski definition) is 0. The summed E-state index contributed by atoms with van der Waals surface area (Å²) in [4.78, 5) is 0. The monoisotopic (exact) mass is 326 g/mol. The number of hydrogen-bond acceptors (Lipinski definition) is 2. The Morgan fingerprint density at radius 1 is 1.18 bits per heavy atom. The van der Waals surface area contributed by atoms with Crippen LogP contribution in [0, 0.1) is 11.7 Å². The van der Waals surface area contributed by atoms with Crippen molar-refractivity contribution in [1.29, 1.82) is 0 Å². The molecule has 1 aromatic carbocycles. The Morgan fingerprint density at radius 2 is 1.82 bits per heavy atom. The molecule has 1 unspecified atom stereocenters. The van der Waals surface area contributed by atoms with Crippen LogP contribution in [0.15, 0.2) is 18.2 Å². The Balaban J connectivity index is 3.06. The number of ether oxygens (including phenoxy) is 2. The topological polar surface area (TPSA) is 18.5 Å². The van der Waals surface area contributed by atoms with Gasteiger partial charge in [-0.05, 0) is 24.1 Å². The predicted molar refractivity (Wildman–Crippen MR) is 72.1 cm³/mol. The molecule has 0 bridgehead atoms. The molecule has 0 spiro atoms. The molecule has 0 fully saturated rings. The van der Waals surface area contributed by atoms with Gasteiger partial charge in [0.05, 0.1) is 12.7 Å². The molecule has 7 heteroatoms. The van der Waals surface area contributed by atoms with E-state index in [4.69, 9.17) is 9.47 Å². The van der Waals surface area contributed by atoms with Crippen molar-refractivity contribution in [3.63, 3.8) is 0 Å². The summed E-state index contributed by atoms with van der Waals surface area (Å²) < 4.78 is 74.9. The molecule has 0 amide bonds. The lowest BCUT2D eigenvalue weighted by atomic mass is 10.0. The van der Waals surface area contributed by atoms with E-state index in [0.717, 1.165) is 19.2 Å². The fourth-order valence-electron chi connectivity index (χ4n) is 1.82. The Hall–Kier alpha value is -1.37. The van der Waals surface area contributed by atoms with E-state index < -0.39 is 30.7 Å². The first kappa shape index (κ1) is 18.7. The molecular weight excluding hydrogens is 307 g/mol. The average molecular weight is 326 g/mol. The highest BCUT2D eigenvalue weighted by molar-refractivity contribution is 5.36. The van der Waals surface area contributed by atoms with Crippen LogP contribution in [0.25, 0.3) is 0 Å². The minimum Gasteiger partial charge on any atom is -0.493 e. The fraction of sp³-hybridized carbons (Fsp3) is 0.600. The van der Waals surface area contributed by atoms with Gasteiger partial charge in [-0.3, -0.25) is 0 Å². The standard InChI is InChI=1S/C15H19F5O2/c1-9(2)8-22-12-5-4-10(16)6-11(12)13(21-3)7-15(19,20)14(17)18/h4-6,9,13-14H,7-8H2,1-3H3. The molecule has 0 saturated heterocycles. The molecule has 1 aromatic rings. The zero-order valence-corrected chi connectivity index (χ0v) is 12.6. The average Bonchev–Trinajstić information content (AvgIpc) is 2.43. The third kappa shape index (κ3) is 5.12. The van der Waals surface area contributed by atoms with Crippen LogP contribution < -0.4 is 4.74 Å². The first-order valence-corrected chi connectivity index (χ1v) is 6.78. The largest absolute Gasteiger partial charge is 0.493 e. The van der Waals surface area contributed by atoms with E-state index in [1.807, 2.05) is 13.8 Å². The Kier molecular flexibility index (Phi) is 6.59. The van der Waals surface area contributed by atoms with E-state index in [1.165, 1.54) is 6.07 Å². The van der Waals surface area contributed by atoms with Crippen molar-refractivity contribution in [2.75, 3.05) is 13.7 Å². The molecular formula is C15H19F5O2. The van der Waals surface area contributed by atoms with Crippen molar-refractivity contribution in [2.24, 2.45) is 5.92 Å². The minimum atomic E-state index is -4.23. The van der Waals surface area contributed by atoms with Crippen LogP contribution in [-0.4, -0.2) is 26.1 Å². The van der Waals surface area contributed by atoms with E-state index in [1.54, 1.807) is 0 Å². The second-order valence-electron chi connectivity index (χ2n) is 5.38.